The fourth-order valence-corrected chi connectivity index (χ4v) is 1.34. The lowest BCUT2D eigenvalue weighted by molar-refractivity contribution is -0.130. The van der Waals surface area contributed by atoms with Crippen LogP contribution in [0.15, 0.2) is 0 Å². The Labute approximate surface area is 116 Å². The first kappa shape index (κ1) is 18.0. The molecule has 9 nitrogen and oxygen atoms in total. The lowest BCUT2D eigenvalue weighted by atomic mass is 10.2. The third-order valence-corrected chi connectivity index (χ3v) is 2.22. The van der Waals surface area contributed by atoms with Gasteiger partial charge in [0.2, 0.25) is 18.2 Å². The number of carbonyl (C=O) groups is 4. The van der Waals surface area contributed by atoms with Crippen LogP contribution < -0.4 is 21.7 Å². The third-order valence-electron chi connectivity index (χ3n) is 2.22. The van der Waals surface area contributed by atoms with Crippen LogP contribution in [-0.2, 0) is 23.9 Å². The molecule has 0 saturated carbocycles. The minimum Gasteiger partial charge on any atom is -0.377 e. The summed E-state index contributed by atoms with van der Waals surface area (Å²) in [5.41, 5.74) is 5.36. The summed E-state index contributed by atoms with van der Waals surface area (Å²) in [5, 5.41) is 6.97. The zero-order valence-electron chi connectivity index (χ0n) is 11.3. The first-order chi connectivity index (χ1) is 9.54. The number of nitrogens with two attached hydrogens (primary N) is 1. The topological polar surface area (TPSA) is 140 Å². The van der Waals surface area contributed by atoms with Crippen molar-refractivity contribution in [1.29, 1.82) is 0 Å². The number of hydrogen-bond acceptors (Lipinski definition) is 6. The van der Waals surface area contributed by atoms with Crippen molar-refractivity contribution in [2.75, 3.05) is 33.4 Å². The summed E-state index contributed by atoms with van der Waals surface area (Å²) in [7, 11) is 1.37. The van der Waals surface area contributed by atoms with Gasteiger partial charge in [-0.15, -0.1) is 0 Å². The number of amides is 3. The minimum atomic E-state index is -0.851. The Bertz CT molecular complexity index is 348. The van der Waals surface area contributed by atoms with Crippen molar-refractivity contribution in [2.45, 2.75) is 12.5 Å². The highest BCUT2D eigenvalue weighted by Crippen LogP contribution is 1.91. The second-order valence-electron chi connectivity index (χ2n) is 3.89. The monoisotopic (exact) mass is 288 g/mol. The lowest BCUT2D eigenvalue weighted by Crippen LogP contribution is -2.50. The molecule has 0 heterocycles. The molecule has 0 aliphatic carbocycles. The average molecular weight is 288 g/mol. The van der Waals surface area contributed by atoms with Gasteiger partial charge >= 0.3 is 0 Å². The van der Waals surface area contributed by atoms with E-state index in [4.69, 9.17) is 5.73 Å². The average Bonchev–Trinajstić information content (AvgIpc) is 2.42. The molecule has 0 aromatic rings. The molecule has 5 N–H and O–H groups in total. The quantitative estimate of drug-likeness (QED) is 0.297. The second kappa shape index (κ2) is 10.9. The maximum atomic E-state index is 11.8. The molecule has 0 aromatic carbocycles. The molecular formula is C11H20N4O5. The van der Waals surface area contributed by atoms with Gasteiger partial charge in [-0.25, -0.2) is 0 Å². The predicted molar refractivity (Wildman–Crippen MR) is 69.6 cm³/mol. The molecule has 9 heteroatoms. The molecule has 0 rings (SSSR count). The molecule has 3 amide bonds. The summed E-state index contributed by atoms with van der Waals surface area (Å²) >= 11 is 0. The minimum absolute atomic E-state index is 0.0998. The van der Waals surface area contributed by atoms with Crippen molar-refractivity contribution in [1.82, 2.24) is 16.0 Å². The number of rotatable bonds is 11. The Morgan fingerprint density at radius 1 is 1.30 bits per heavy atom. The van der Waals surface area contributed by atoms with Gasteiger partial charge in [0.05, 0.1) is 13.1 Å². The Balaban J connectivity index is 4.27. The number of ether oxygens (including phenoxy) is 1. The van der Waals surface area contributed by atoms with Crippen molar-refractivity contribution in [3.05, 3.63) is 0 Å². The molecule has 0 aliphatic heterocycles. The first-order valence-electron chi connectivity index (χ1n) is 6.00. The van der Waals surface area contributed by atoms with E-state index in [1.807, 2.05) is 0 Å². The van der Waals surface area contributed by atoms with Gasteiger partial charge in [-0.2, -0.15) is 0 Å². The molecule has 0 saturated heterocycles. The summed E-state index contributed by atoms with van der Waals surface area (Å²) in [5.74, 6) is -1.32. The Morgan fingerprint density at radius 2 is 2.00 bits per heavy atom. The van der Waals surface area contributed by atoms with Crippen LogP contribution in [0.4, 0.5) is 0 Å². The van der Waals surface area contributed by atoms with E-state index in [2.05, 4.69) is 20.7 Å². The number of carbonyl (C=O) groups excluding carboxylic acids is 4. The standard InChI is InChI=1S/C11H20N4O5/c1-20-6-8(17)4-14-11(19)9(2-3-12)15-10(18)5-13-7-16/h7,9H,2-6,12H2,1H3,(H,13,16)(H,14,19)(H,15,18). The van der Waals surface area contributed by atoms with Crippen LogP contribution in [0.25, 0.3) is 0 Å². The Hall–Kier alpha value is -2.00. The fourth-order valence-electron chi connectivity index (χ4n) is 1.34. The zero-order chi connectivity index (χ0) is 15.4. The van der Waals surface area contributed by atoms with E-state index in [-0.39, 0.29) is 38.4 Å². The van der Waals surface area contributed by atoms with E-state index in [1.54, 1.807) is 0 Å². The largest absolute Gasteiger partial charge is 0.377 e. The van der Waals surface area contributed by atoms with Crippen LogP contribution in [-0.4, -0.2) is 63.4 Å². The second-order valence-corrected chi connectivity index (χ2v) is 3.89. The maximum absolute atomic E-state index is 11.8. The van der Waals surface area contributed by atoms with Crippen LogP contribution in [0.1, 0.15) is 6.42 Å². The number of nitrogens with one attached hydrogen (secondary N) is 3. The molecule has 114 valence electrons. The Morgan fingerprint density at radius 3 is 2.55 bits per heavy atom. The molecule has 0 aliphatic rings. The zero-order valence-corrected chi connectivity index (χ0v) is 11.3. The first-order valence-corrected chi connectivity index (χ1v) is 6.00. The molecule has 0 spiro atoms. The van der Waals surface area contributed by atoms with Gasteiger partial charge < -0.3 is 26.4 Å². The van der Waals surface area contributed by atoms with Gasteiger partial charge in [-0.05, 0) is 13.0 Å². The molecule has 0 bridgehead atoms. The summed E-state index contributed by atoms with van der Waals surface area (Å²) in [6.07, 6.45) is 0.595. The van der Waals surface area contributed by atoms with Gasteiger partial charge in [-0.1, -0.05) is 0 Å². The van der Waals surface area contributed by atoms with Crippen molar-refractivity contribution >= 4 is 24.0 Å². The van der Waals surface area contributed by atoms with Crippen LogP contribution in [0.3, 0.4) is 0 Å². The van der Waals surface area contributed by atoms with E-state index in [0.717, 1.165) is 0 Å². The molecule has 0 aromatic heterocycles. The highest BCUT2D eigenvalue weighted by molar-refractivity contribution is 5.91. The number of ketones is 1. The summed E-state index contributed by atoms with van der Waals surface area (Å²) in [6, 6.07) is -0.851. The van der Waals surface area contributed by atoms with Crippen molar-refractivity contribution in [2.24, 2.45) is 5.73 Å². The van der Waals surface area contributed by atoms with Crippen molar-refractivity contribution in [3.8, 4) is 0 Å². The van der Waals surface area contributed by atoms with Gasteiger partial charge in [-0.3, -0.25) is 19.2 Å². The number of hydrogen-bond donors (Lipinski definition) is 4. The molecule has 0 radical (unpaired) electrons. The van der Waals surface area contributed by atoms with E-state index in [9.17, 15) is 19.2 Å². The number of Topliss-reactive ketones (excluding diaryl/α,β-unsaturated/α-hetero) is 1. The normalized spacial score (nSPS) is 11.3. The van der Waals surface area contributed by atoms with E-state index in [0.29, 0.717) is 6.41 Å². The van der Waals surface area contributed by atoms with Crippen LogP contribution in [0.2, 0.25) is 0 Å². The van der Waals surface area contributed by atoms with Crippen LogP contribution in [0.5, 0.6) is 0 Å². The molecule has 1 unspecified atom stereocenters. The van der Waals surface area contributed by atoms with Crippen LogP contribution in [0, 0.1) is 0 Å². The van der Waals surface area contributed by atoms with E-state index < -0.39 is 17.9 Å². The third kappa shape index (κ3) is 8.16. The molecular weight excluding hydrogens is 268 g/mol. The fraction of sp³-hybridized carbons (Fsp3) is 0.636. The van der Waals surface area contributed by atoms with Crippen LogP contribution >= 0.6 is 0 Å². The summed E-state index contributed by atoms with van der Waals surface area (Å²) in [6.45, 7) is -0.334. The predicted octanol–water partition coefficient (Wildman–Crippen LogP) is -3.10. The van der Waals surface area contributed by atoms with Gasteiger partial charge in [0.1, 0.15) is 12.6 Å². The van der Waals surface area contributed by atoms with Gasteiger partial charge in [0.15, 0.2) is 5.78 Å². The lowest BCUT2D eigenvalue weighted by Gasteiger charge is -2.17. The molecule has 20 heavy (non-hydrogen) atoms. The summed E-state index contributed by atoms with van der Waals surface area (Å²) in [4.78, 5) is 44.4. The van der Waals surface area contributed by atoms with Crippen molar-refractivity contribution < 1.29 is 23.9 Å². The highest BCUT2D eigenvalue weighted by Gasteiger charge is 2.20. The molecule has 0 fully saturated rings. The number of methoxy groups -OCH3 is 1. The molecule has 1 atom stereocenters. The smallest absolute Gasteiger partial charge is 0.242 e. The highest BCUT2D eigenvalue weighted by atomic mass is 16.5. The van der Waals surface area contributed by atoms with E-state index in [1.165, 1.54) is 7.11 Å². The van der Waals surface area contributed by atoms with Crippen molar-refractivity contribution in [3.63, 3.8) is 0 Å². The van der Waals surface area contributed by atoms with Gasteiger partial charge in [0.25, 0.3) is 0 Å². The Kier molecular flexibility index (Phi) is 9.79. The van der Waals surface area contributed by atoms with E-state index >= 15 is 0 Å². The maximum Gasteiger partial charge on any atom is 0.242 e. The summed E-state index contributed by atoms with van der Waals surface area (Å²) < 4.78 is 4.62. The van der Waals surface area contributed by atoms with Gasteiger partial charge in [0, 0.05) is 7.11 Å². The SMILES string of the molecule is COCC(=O)CNC(=O)C(CCN)NC(=O)CNC=O.